The van der Waals surface area contributed by atoms with Crippen LogP contribution in [-0.4, -0.2) is 61.1 Å². The molecule has 11 heteroatoms. The molecule has 2 aromatic heterocycles. The van der Waals surface area contributed by atoms with E-state index in [9.17, 15) is 27.9 Å². The van der Waals surface area contributed by atoms with Crippen LogP contribution in [0.4, 0.5) is 13.2 Å². The second kappa shape index (κ2) is 9.87. The largest absolute Gasteiger partial charge is 0.506 e. The maximum Gasteiger partial charge on any atom is 0.437 e. The second-order valence-corrected chi connectivity index (χ2v) is 10.1. The standard InChI is InChI=1S/C28H28F3N5O3/c1-4-24(38)34-11-9-20-25-21(36(33-20)19-7-5-17(6-8-19)16(2)3)10-12-35(22(25)15-34)27(39)18-13-23(37)26(32-14-18)28(29,30)31/h4-8,13-14,16,22,37H,1,9-12,15H2,2-3H3. The highest BCUT2D eigenvalue weighted by Gasteiger charge is 2.41. The van der Waals surface area contributed by atoms with E-state index in [1.54, 1.807) is 4.90 Å². The molecule has 0 aliphatic carbocycles. The number of rotatable bonds is 4. The Morgan fingerprint density at radius 2 is 1.87 bits per heavy atom. The summed E-state index contributed by atoms with van der Waals surface area (Å²) < 4.78 is 41.2. The fourth-order valence-corrected chi connectivity index (χ4v) is 5.33. The second-order valence-electron chi connectivity index (χ2n) is 10.1. The Kier molecular flexibility index (Phi) is 6.69. The number of carbonyl (C=O) groups excluding carboxylic acids is 2. The summed E-state index contributed by atoms with van der Waals surface area (Å²) in [7, 11) is 0. The van der Waals surface area contributed by atoms with Crippen LogP contribution in [0.2, 0.25) is 0 Å². The van der Waals surface area contributed by atoms with Gasteiger partial charge in [0.05, 0.1) is 28.7 Å². The molecule has 204 valence electrons. The molecule has 5 rings (SSSR count). The molecule has 0 fully saturated rings. The van der Waals surface area contributed by atoms with Crippen LogP contribution in [0, 0.1) is 0 Å². The molecule has 0 saturated heterocycles. The van der Waals surface area contributed by atoms with E-state index in [4.69, 9.17) is 5.10 Å². The van der Waals surface area contributed by atoms with Crippen molar-refractivity contribution in [3.63, 3.8) is 0 Å². The normalized spacial score (nSPS) is 17.1. The van der Waals surface area contributed by atoms with Gasteiger partial charge in [0, 0.05) is 44.2 Å². The van der Waals surface area contributed by atoms with Crippen LogP contribution in [0.25, 0.3) is 5.69 Å². The summed E-state index contributed by atoms with van der Waals surface area (Å²) in [5.74, 6) is -1.61. The zero-order valence-electron chi connectivity index (χ0n) is 21.6. The van der Waals surface area contributed by atoms with Gasteiger partial charge in [-0.1, -0.05) is 32.6 Å². The Morgan fingerprint density at radius 3 is 2.49 bits per heavy atom. The summed E-state index contributed by atoms with van der Waals surface area (Å²) in [6.45, 7) is 8.61. The van der Waals surface area contributed by atoms with Crippen LogP contribution in [0.3, 0.4) is 0 Å². The Hall–Kier alpha value is -4.15. The van der Waals surface area contributed by atoms with Crippen molar-refractivity contribution in [2.24, 2.45) is 0 Å². The molecule has 0 saturated carbocycles. The van der Waals surface area contributed by atoms with Crippen molar-refractivity contribution in [1.29, 1.82) is 0 Å². The molecule has 8 nitrogen and oxygen atoms in total. The van der Waals surface area contributed by atoms with Crippen LogP contribution in [0.15, 0.2) is 49.2 Å². The number of aromatic nitrogens is 3. The van der Waals surface area contributed by atoms with Gasteiger partial charge in [0.2, 0.25) is 5.91 Å². The molecule has 3 aromatic rings. The highest BCUT2D eigenvalue weighted by molar-refractivity contribution is 5.95. The van der Waals surface area contributed by atoms with Crippen molar-refractivity contribution in [1.82, 2.24) is 24.6 Å². The minimum atomic E-state index is -4.85. The average Bonchev–Trinajstić information content (AvgIpc) is 3.17. The van der Waals surface area contributed by atoms with Gasteiger partial charge >= 0.3 is 6.18 Å². The molecule has 1 atom stereocenters. The van der Waals surface area contributed by atoms with E-state index >= 15 is 0 Å². The van der Waals surface area contributed by atoms with E-state index in [-0.39, 0.29) is 24.6 Å². The van der Waals surface area contributed by atoms with Crippen molar-refractivity contribution in [2.75, 3.05) is 19.6 Å². The van der Waals surface area contributed by atoms with Crippen molar-refractivity contribution < 1.29 is 27.9 Å². The number of hydrogen-bond donors (Lipinski definition) is 1. The van der Waals surface area contributed by atoms with Gasteiger partial charge in [-0.2, -0.15) is 18.3 Å². The van der Waals surface area contributed by atoms with Crippen molar-refractivity contribution in [2.45, 2.75) is 44.8 Å². The molecule has 2 aliphatic rings. The van der Waals surface area contributed by atoms with E-state index in [0.29, 0.717) is 25.3 Å². The highest BCUT2D eigenvalue weighted by atomic mass is 19.4. The van der Waals surface area contributed by atoms with E-state index in [2.05, 4.69) is 37.5 Å². The molecule has 1 N–H and O–H groups in total. The van der Waals surface area contributed by atoms with Crippen LogP contribution in [0.1, 0.15) is 64.4 Å². The maximum atomic E-state index is 13.6. The number of hydrogen-bond acceptors (Lipinski definition) is 5. The van der Waals surface area contributed by atoms with Gasteiger partial charge in [-0.25, -0.2) is 9.67 Å². The van der Waals surface area contributed by atoms with Gasteiger partial charge in [0.25, 0.3) is 5.91 Å². The first-order chi connectivity index (χ1) is 18.5. The van der Waals surface area contributed by atoms with Crippen LogP contribution in [0.5, 0.6) is 5.75 Å². The van der Waals surface area contributed by atoms with Gasteiger partial charge in [-0.05, 0) is 35.8 Å². The zero-order valence-corrected chi connectivity index (χ0v) is 21.6. The first kappa shape index (κ1) is 26.5. The first-order valence-corrected chi connectivity index (χ1v) is 12.7. The van der Waals surface area contributed by atoms with Gasteiger partial charge in [-0.3, -0.25) is 9.59 Å². The molecule has 0 radical (unpaired) electrons. The smallest absolute Gasteiger partial charge is 0.437 e. The summed E-state index contributed by atoms with van der Waals surface area (Å²) in [6.07, 6.45) is -1.89. The number of pyridine rings is 1. The fourth-order valence-electron chi connectivity index (χ4n) is 5.33. The fraction of sp³-hybridized carbons (Fsp3) is 0.357. The van der Waals surface area contributed by atoms with Crippen LogP contribution >= 0.6 is 0 Å². The molecular weight excluding hydrogens is 511 g/mol. The summed E-state index contributed by atoms with van der Waals surface area (Å²) in [5, 5.41) is 14.8. The van der Waals surface area contributed by atoms with Crippen molar-refractivity contribution in [3.05, 3.63) is 83.0 Å². The van der Waals surface area contributed by atoms with Gasteiger partial charge in [0.1, 0.15) is 5.75 Å². The average molecular weight is 540 g/mol. The summed E-state index contributed by atoms with van der Waals surface area (Å²) in [5.41, 5.74) is 2.98. The molecule has 39 heavy (non-hydrogen) atoms. The minimum Gasteiger partial charge on any atom is -0.506 e. The Balaban J connectivity index is 1.55. The van der Waals surface area contributed by atoms with Crippen molar-refractivity contribution >= 4 is 11.8 Å². The van der Waals surface area contributed by atoms with Gasteiger partial charge in [0.15, 0.2) is 5.69 Å². The van der Waals surface area contributed by atoms with Gasteiger partial charge in [-0.15, -0.1) is 0 Å². The SMILES string of the molecule is C=CC(=O)N1CCc2nn(-c3ccc(C(C)C)cc3)c3c2C(C1)N(C(=O)c1cnc(C(F)(F)F)c(O)c1)CC3. The first-order valence-electron chi connectivity index (χ1n) is 12.7. The molecule has 0 bridgehead atoms. The quantitative estimate of drug-likeness (QED) is 0.496. The molecule has 0 spiro atoms. The highest BCUT2D eigenvalue weighted by Crippen LogP contribution is 2.39. The Morgan fingerprint density at radius 1 is 1.15 bits per heavy atom. The summed E-state index contributed by atoms with van der Waals surface area (Å²) in [6, 6.07) is 8.34. The van der Waals surface area contributed by atoms with Crippen molar-refractivity contribution in [3.8, 4) is 11.4 Å². The Bertz CT molecular complexity index is 1450. The molecule has 1 unspecified atom stereocenters. The molecule has 1 aromatic carbocycles. The number of benzene rings is 1. The zero-order chi connectivity index (χ0) is 28.1. The summed E-state index contributed by atoms with van der Waals surface area (Å²) in [4.78, 5) is 32.6. The third-order valence-corrected chi connectivity index (χ3v) is 7.34. The van der Waals surface area contributed by atoms with Gasteiger partial charge < -0.3 is 14.9 Å². The molecule has 2 amide bonds. The number of alkyl halides is 3. The lowest BCUT2D eigenvalue weighted by atomic mass is 9.94. The van der Waals surface area contributed by atoms with E-state index in [0.717, 1.165) is 34.9 Å². The third-order valence-electron chi connectivity index (χ3n) is 7.34. The number of nitrogens with zero attached hydrogens (tertiary/aromatic N) is 5. The lowest BCUT2D eigenvalue weighted by molar-refractivity contribution is -0.142. The van der Waals surface area contributed by atoms with Crippen LogP contribution in [-0.2, 0) is 23.8 Å². The summed E-state index contributed by atoms with van der Waals surface area (Å²) >= 11 is 0. The lowest BCUT2D eigenvalue weighted by Crippen LogP contribution is -2.45. The number of halogens is 3. The third kappa shape index (κ3) is 4.77. The molecule has 4 heterocycles. The Labute approximate surface area is 223 Å². The topological polar surface area (TPSA) is 91.6 Å². The predicted molar refractivity (Wildman–Crippen MR) is 137 cm³/mol. The molecular formula is C28H28F3N5O3. The number of amides is 2. The number of carbonyl (C=O) groups is 2. The number of aromatic hydroxyl groups is 1. The lowest BCUT2D eigenvalue weighted by Gasteiger charge is -2.37. The van der Waals surface area contributed by atoms with E-state index < -0.39 is 29.6 Å². The van der Waals surface area contributed by atoms with E-state index in [1.165, 1.54) is 16.5 Å². The monoisotopic (exact) mass is 539 g/mol. The minimum absolute atomic E-state index is 0.173. The van der Waals surface area contributed by atoms with E-state index in [1.807, 2.05) is 16.8 Å². The predicted octanol–water partition coefficient (Wildman–Crippen LogP) is 4.43. The molecule has 2 aliphatic heterocycles. The van der Waals surface area contributed by atoms with Crippen LogP contribution < -0.4 is 0 Å². The maximum absolute atomic E-state index is 13.6.